The Morgan fingerprint density at radius 2 is 1.45 bits per heavy atom. The highest BCUT2D eigenvalue weighted by atomic mass is 14.9. The van der Waals surface area contributed by atoms with Gasteiger partial charge in [0.1, 0.15) is 0 Å². The van der Waals surface area contributed by atoms with Crippen molar-refractivity contribution in [1.29, 1.82) is 0 Å². The van der Waals surface area contributed by atoms with Crippen LogP contribution in [0, 0.1) is 0 Å². The smallest absolute Gasteiger partial charge is 0.0252 e. The number of rotatable bonds is 13. The molecule has 1 aliphatic rings. The number of nitrogens with one attached hydrogen (secondary N) is 1. The summed E-state index contributed by atoms with van der Waals surface area (Å²) in [5.74, 6) is 0. The Labute approximate surface area is 140 Å². The van der Waals surface area contributed by atoms with Crippen molar-refractivity contribution in [3.63, 3.8) is 0 Å². The molecule has 1 fully saturated rings. The first-order valence-electron chi connectivity index (χ1n) is 10.2. The maximum absolute atomic E-state index is 3.62. The Bertz CT molecular complexity index is 263. The maximum atomic E-state index is 3.62. The minimum absolute atomic E-state index is 0.668. The van der Waals surface area contributed by atoms with E-state index in [4.69, 9.17) is 0 Å². The van der Waals surface area contributed by atoms with Gasteiger partial charge in [-0.05, 0) is 39.2 Å². The summed E-state index contributed by atoms with van der Waals surface area (Å²) in [4.78, 5) is 0. The Morgan fingerprint density at radius 3 is 2.00 bits per heavy atom. The lowest BCUT2D eigenvalue weighted by molar-refractivity contribution is 0.452. The molecule has 0 amide bonds. The number of piperidine rings is 1. The van der Waals surface area contributed by atoms with Gasteiger partial charge in [-0.2, -0.15) is 0 Å². The van der Waals surface area contributed by atoms with E-state index in [-0.39, 0.29) is 0 Å². The van der Waals surface area contributed by atoms with Gasteiger partial charge in [-0.25, -0.2) is 0 Å². The molecule has 1 heterocycles. The first kappa shape index (κ1) is 19.7. The van der Waals surface area contributed by atoms with Crippen molar-refractivity contribution in [3.8, 4) is 0 Å². The van der Waals surface area contributed by atoms with Gasteiger partial charge in [-0.15, -0.1) is 0 Å². The Morgan fingerprint density at radius 1 is 0.864 bits per heavy atom. The lowest BCUT2D eigenvalue weighted by Gasteiger charge is -2.21. The molecule has 1 nitrogen and oxygen atoms in total. The van der Waals surface area contributed by atoms with Gasteiger partial charge in [0.05, 0.1) is 0 Å². The van der Waals surface area contributed by atoms with Crippen LogP contribution in [0.1, 0.15) is 110 Å². The second-order valence-electron chi connectivity index (χ2n) is 7.35. The summed E-state index contributed by atoms with van der Waals surface area (Å²) < 4.78 is 0. The van der Waals surface area contributed by atoms with Crippen LogP contribution >= 0.6 is 0 Å². The average Bonchev–Trinajstić information content (AvgIpc) is 2.53. The largest absolute Gasteiger partial charge is 0.311 e. The van der Waals surface area contributed by atoms with Gasteiger partial charge in [0.25, 0.3) is 0 Å². The van der Waals surface area contributed by atoms with Crippen molar-refractivity contribution in [2.24, 2.45) is 0 Å². The van der Waals surface area contributed by atoms with Crippen LogP contribution in [0.3, 0.4) is 0 Å². The van der Waals surface area contributed by atoms with Crippen LogP contribution in [0.25, 0.3) is 0 Å². The van der Waals surface area contributed by atoms with Crippen LogP contribution in [-0.2, 0) is 0 Å². The molecule has 0 aliphatic carbocycles. The van der Waals surface area contributed by atoms with Gasteiger partial charge in [0, 0.05) is 6.04 Å². The fourth-order valence-corrected chi connectivity index (χ4v) is 3.52. The predicted octanol–water partition coefficient (Wildman–Crippen LogP) is 6.78. The molecule has 0 bridgehead atoms. The number of allylic oxidation sites excluding steroid dienone is 1. The van der Waals surface area contributed by atoms with Gasteiger partial charge >= 0.3 is 0 Å². The lowest BCUT2D eigenvalue weighted by atomic mass is 10.00. The zero-order chi connectivity index (χ0) is 15.9. The number of unbranched alkanes of at least 4 members (excludes halogenated alkanes) is 10. The lowest BCUT2D eigenvalue weighted by Crippen LogP contribution is -2.32. The van der Waals surface area contributed by atoms with Crippen LogP contribution in [0.5, 0.6) is 0 Å². The maximum Gasteiger partial charge on any atom is 0.0252 e. The quantitative estimate of drug-likeness (QED) is 0.292. The van der Waals surface area contributed by atoms with Gasteiger partial charge in [-0.3, -0.25) is 0 Å². The summed E-state index contributed by atoms with van der Waals surface area (Å²) >= 11 is 0. The molecule has 0 aromatic heterocycles. The molecule has 1 atom stereocenters. The summed E-state index contributed by atoms with van der Waals surface area (Å²) in [7, 11) is 0. The summed E-state index contributed by atoms with van der Waals surface area (Å²) in [5.41, 5.74) is 1.61. The molecule has 1 N–H and O–H groups in total. The second-order valence-corrected chi connectivity index (χ2v) is 7.35. The molecule has 0 aromatic rings. The average molecular weight is 308 g/mol. The molecule has 22 heavy (non-hydrogen) atoms. The van der Waals surface area contributed by atoms with E-state index in [1.807, 2.05) is 0 Å². The van der Waals surface area contributed by atoms with Crippen LogP contribution in [0.4, 0.5) is 0 Å². The van der Waals surface area contributed by atoms with Gasteiger partial charge < -0.3 is 5.32 Å². The summed E-state index contributed by atoms with van der Waals surface area (Å²) in [6.45, 7) is 5.84. The summed E-state index contributed by atoms with van der Waals surface area (Å²) in [6, 6.07) is 0.668. The van der Waals surface area contributed by atoms with Crippen molar-refractivity contribution >= 4 is 0 Å². The van der Waals surface area contributed by atoms with E-state index < -0.39 is 0 Å². The van der Waals surface area contributed by atoms with Crippen molar-refractivity contribution in [1.82, 2.24) is 5.32 Å². The van der Waals surface area contributed by atoms with Crippen molar-refractivity contribution < 1.29 is 0 Å². The SMILES string of the molecule is CCCCCCCCCCCCC/C(C)=C\C1CCCCN1. The second kappa shape index (κ2) is 14.3. The van der Waals surface area contributed by atoms with E-state index in [1.54, 1.807) is 5.57 Å². The van der Waals surface area contributed by atoms with Crippen molar-refractivity contribution in [2.45, 2.75) is 116 Å². The van der Waals surface area contributed by atoms with Crippen molar-refractivity contribution in [2.75, 3.05) is 6.54 Å². The Kier molecular flexibility index (Phi) is 12.8. The first-order valence-corrected chi connectivity index (χ1v) is 10.2. The molecule has 1 heteroatoms. The standard InChI is InChI=1S/C21H41N/c1-3-4-5-6-7-8-9-10-11-12-13-16-20(2)19-21-17-14-15-18-22-21/h19,21-22H,3-18H2,1-2H3/b20-19-. The molecule has 130 valence electrons. The number of hydrogen-bond acceptors (Lipinski definition) is 1. The zero-order valence-corrected chi connectivity index (χ0v) is 15.5. The van der Waals surface area contributed by atoms with E-state index in [0.29, 0.717) is 6.04 Å². The van der Waals surface area contributed by atoms with Gasteiger partial charge in [0.15, 0.2) is 0 Å². The Balaban J connectivity index is 1.85. The highest BCUT2D eigenvalue weighted by Crippen LogP contribution is 2.16. The van der Waals surface area contributed by atoms with Gasteiger partial charge in [0.2, 0.25) is 0 Å². The fraction of sp³-hybridized carbons (Fsp3) is 0.905. The molecule has 0 aromatic carbocycles. The molecule has 0 saturated carbocycles. The molecule has 1 aliphatic heterocycles. The molecule has 1 rings (SSSR count). The van der Waals surface area contributed by atoms with Crippen molar-refractivity contribution in [3.05, 3.63) is 11.6 Å². The van der Waals surface area contributed by atoms with E-state index in [0.717, 1.165) is 0 Å². The molecular formula is C21H41N. The Hall–Kier alpha value is -0.300. The third-order valence-corrected chi connectivity index (χ3v) is 5.01. The molecule has 0 spiro atoms. The zero-order valence-electron chi connectivity index (χ0n) is 15.5. The monoisotopic (exact) mass is 307 g/mol. The normalized spacial score (nSPS) is 19.5. The number of hydrogen-bond donors (Lipinski definition) is 1. The van der Waals surface area contributed by atoms with Gasteiger partial charge in [-0.1, -0.05) is 89.2 Å². The molecule has 0 radical (unpaired) electrons. The summed E-state index contributed by atoms with van der Waals surface area (Å²) in [5, 5.41) is 3.62. The third kappa shape index (κ3) is 11.3. The van der Waals surface area contributed by atoms with E-state index in [1.165, 1.54) is 103 Å². The van der Waals surface area contributed by atoms with E-state index in [2.05, 4.69) is 25.2 Å². The van der Waals surface area contributed by atoms with Crippen LogP contribution in [0.2, 0.25) is 0 Å². The fourth-order valence-electron chi connectivity index (χ4n) is 3.52. The van der Waals surface area contributed by atoms with E-state index in [9.17, 15) is 0 Å². The molecule has 1 unspecified atom stereocenters. The minimum Gasteiger partial charge on any atom is -0.311 e. The van der Waals surface area contributed by atoms with Crippen LogP contribution in [-0.4, -0.2) is 12.6 Å². The van der Waals surface area contributed by atoms with Crippen LogP contribution in [0.15, 0.2) is 11.6 Å². The van der Waals surface area contributed by atoms with Crippen LogP contribution < -0.4 is 5.32 Å². The highest BCUT2D eigenvalue weighted by Gasteiger charge is 2.09. The van der Waals surface area contributed by atoms with E-state index >= 15 is 0 Å². The topological polar surface area (TPSA) is 12.0 Å². The third-order valence-electron chi connectivity index (χ3n) is 5.01. The molecular weight excluding hydrogens is 266 g/mol. The summed E-state index contributed by atoms with van der Waals surface area (Å²) in [6.07, 6.45) is 23.8. The first-order chi connectivity index (χ1) is 10.8. The predicted molar refractivity (Wildman–Crippen MR) is 100 cm³/mol. The molecule has 1 saturated heterocycles. The highest BCUT2D eigenvalue weighted by molar-refractivity contribution is 5.04. The minimum atomic E-state index is 0.668.